The number of rotatable bonds is 41. The van der Waals surface area contributed by atoms with E-state index in [0.29, 0.717) is 38.5 Å². The number of carbonyl (C=O) groups excluding carboxylic acids is 4. The SMILES string of the molecule is CCCCCCCCCC(=O)O[C@H]([C@H](OC(=O)CCCCCCCCC)[C@@H](OC(=O)CCCCCCCCC)C(=O)O)[C@H](OC(=O)CCCCCCCCC)C(=O)O. The number of carboxylic acids is 2. The number of esters is 4. The summed E-state index contributed by atoms with van der Waals surface area (Å²) in [5.41, 5.74) is 0. The Labute approximate surface area is 350 Å². The zero-order valence-electron chi connectivity index (χ0n) is 36.9. The monoisotopic (exact) mass is 827 g/mol. The summed E-state index contributed by atoms with van der Waals surface area (Å²) in [4.78, 5) is 78.6. The Morgan fingerprint density at radius 1 is 0.310 bits per heavy atom. The third-order valence-corrected chi connectivity index (χ3v) is 10.4. The van der Waals surface area contributed by atoms with Crippen molar-refractivity contribution in [1.82, 2.24) is 0 Å². The van der Waals surface area contributed by atoms with E-state index < -0.39 is 60.2 Å². The maximum absolute atomic E-state index is 13.4. The molecule has 0 aliphatic rings. The summed E-state index contributed by atoms with van der Waals surface area (Å²) >= 11 is 0. The van der Waals surface area contributed by atoms with Gasteiger partial charge in [-0.05, 0) is 25.7 Å². The van der Waals surface area contributed by atoms with E-state index in [1.54, 1.807) is 0 Å². The Hall–Kier alpha value is -3.18. The second-order valence-corrected chi connectivity index (χ2v) is 15.9. The molecule has 2 N–H and O–H groups in total. The van der Waals surface area contributed by atoms with Crippen molar-refractivity contribution >= 4 is 35.8 Å². The Morgan fingerprint density at radius 3 is 0.707 bits per heavy atom. The van der Waals surface area contributed by atoms with Crippen LogP contribution in [0.25, 0.3) is 0 Å². The topological polar surface area (TPSA) is 180 Å². The molecule has 12 heteroatoms. The van der Waals surface area contributed by atoms with Crippen molar-refractivity contribution in [2.24, 2.45) is 0 Å². The minimum absolute atomic E-state index is 0.116. The molecule has 0 saturated heterocycles. The molecule has 0 saturated carbocycles. The van der Waals surface area contributed by atoms with E-state index in [-0.39, 0.29) is 25.7 Å². The van der Waals surface area contributed by atoms with Crippen LogP contribution in [0, 0.1) is 0 Å². The van der Waals surface area contributed by atoms with Crippen LogP contribution in [0.3, 0.4) is 0 Å². The Kier molecular flexibility index (Phi) is 36.0. The van der Waals surface area contributed by atoms with Gasteiger partial charge in [0, 0.05) is 25.7 Å². The maximum Gasteiger partial charge on any atom is 0.349 e. The number of hydrogen-bond acceptors (Lipinski definition) is 10. The molecule has 0 rings (SSSR count). The minimum Gasteiger partial charge on any atom is -0.478 e. The first-order chi connectivity index (χ1) is 28.0. The number of unbranched alkanes of at least 4 members (excludes halogenated alkanes) is 24. The lowest BCUT2D eigenvalue weighted by Gasteiger charge is -2.33. The van der Waals surface area contributed by atoms with Crippen molar-refractivity contribution in [2.75, 3.05) is 0 Å². The van der Waals surface area contributed by atoms with Crippen molar-refractivity contribution in [3.63, 3.8) is 0 Å². The van der Waals surface area contributed by atoms with Gasteiger partial charge in [0.15, 0.2) is 12.2 Å². The first-order valence-corrected chi connectivity index (χ1v) is 23.3. The molecule has 0 unspecified atom stereocenters. The standard InChI is InChI=1S/C46H82O12/c1-5-9-13-17-21-25-29-33-37(47)55-41(43(45(51)52)57-39(49)35-31-27-23-19-15-11-7-3)42(56-38(48)34-30-26-22-18-14-10-6-2)44(46(53)54)58-40(50)36-32-28-24-20-16-12-8-4/h41-44H,5-36H2,1-4H3,(H,51,52)(H,53,54)/t41-,42+,43+,44-. The van der Waals surface area contributed by atoms with Gasteiger partial charge in [-0.2, -0.15) is 0 Å². The van der Waals surface area contributed by atoms with E-state index in [4.69, 9.17) is 18.9 Å². The van der Waals surface area contributed by atoms with Crippen LogP contribution in [0.2, 0.25) is 0 Å². The summed E-state index contributed by atoms with van der Waals surface area (Å²) in [6.07, 6.45) is 16.2. The molecule has 0 spiro atoms. The predicted octanol–water partition coefficient (Wildman–Crippen LogP) is 11.4. The van der Waals surface area contributed by atoms with Gasteiger partial charge in [0.05, 0.1) is 0 Å². The molecule has 4 atom stereocenters. The zero-order valence-corrected chi connectivity index (χ0v) is 36.9. The second kappa shape index (κ2) is 38.0. The molecule has 0 aromatic heterocycles. The minimum atomic E-state index is -2.24. The fourth-order valence-corrected chi connectivity index (χ4v) is 6.85. The summed E-state index contributed by atoms with van der Waals surface area (Å²) < 4.78 is 22.2. The molecule has 338 valence electrons. The number of hydrogen-bond donors (Lipinski definition) is 2. The van der Waals surface area contributed by atoms with Crippen molar-refractivity contribution in [2.45, 2.75) is 258 Å². The lowest BCUT2D eigenvalue weighted by molar-refractivity contribution is -0.209. The smallest absolute Gasteiger partial charge is 0.349 e. The van der Waals surface area contributed by atoms with Crippen LogP contribution in [0.1, 0.15) is 233 Å². The average molecular weight is 827 g/mol. The average Bonchev–Trinajstić information content (AvgIpc) is 3.19. The fraction of sp³-hybridized carbons (Fsp3) is 0.870. The van der Waals surface area contributed by atoms with Gasteiger partial charge in [-0.1, -0.05) is 182 Å². The van der Waals surface area contributed by atoms with E-state index >= 15 is 0 Å². The van der Waals surface area contributed by atoms with E-state index in [2.05, 4.69) is 27.7 Å². The van der Waals surface area contributed by atoms with Gasteiger partial charge in [-0.15, -0.1) is 0 Å². The summed E-state index contributed by atoms with van der Waals surface area (Å²) in [5, 5.41) is 20.8. The molecular formula is C46H82O12. The number of aliphatic carboxylic acids is 2. The van der Waals surface area contributed by atoms with E-state index in [9.17, 15) is 39.0 Å². The highest BCUT2D eigenvalue weighted by Crippen LogP contribution is 2.24. The van der Waals surface area contributed by atoms with Gasteiger partial charge in [-0.25, -0.2) is 9.59 Å². The third kappa shape index (κ3) is 29.9. The first kappa shape index (κ1) is 54.8. The molecule has 0 aromatic rings. The summed E-state index contributed by atoms with van der Waals surface area (Å²) in [6.45, 7) is 8.49. The molecular weight excluding hydrogens is 744 g/mol. The van der Waals surface area contributed by atoms with Crippen LogP contribution >= 0.6 is 0 Å². The molecule has 0 heterocycles. The van der Waals surface area contributed by atoms with Crippen LogP contribution in [0.5, 0.6) is 0 Å². The van der Waals surface area contributed by atoms with E-state index in [0.717, 1.165) is 141 Å². The lowest BCUT2D eigenvalue weighted by atomic mass is 10.0. The number of carboxylic acid groups (broad SMARTS) is 2. The van der Waals surface area contributed by atoms with Gasteiger partial charge >= 0.3 is 35.8 Å². The highest BCUT2D eigenvalue weighted by atomic mass is 16.6. The first-order valence-electron chi connectivity index (χ1n) is 23.3. The van der Waals surface area contributed by atoms with Gasteiger partial charge in [0.1, 0.15) is 0 Å². The van der Waals surface area contributed by atoms with Crippen LogP contribution in [-0.2, 0) is 47.7 Å². The third-order valence-electron chi connectivity index (χ3n) is 10.4. The predicted molar refractivity (Wildman–Crippen MR) is 225 cm³/mol. The largest absolute Gasteiger partial charge is 0.478 e. The number of carbonyl (C=O) groups is 6. The lowest BCUT2D eigenvalue weighted by Crippen LogP contribution is -2.56. The molecule has 0 aromatic carbocycles. The van der Waals surface area contributed by atoms with Gasteiger partial charge in [0.25, 0.3) is 0 Å². The molecule has 0 bridgehead atoms. The number of ether oxygens (including phenoxy) is 4. The Balaban J connectivity index is 6.37. The molecule has 0 amide bonds. The Morgan fingerprint density at radius 2 is 0.500 bits per heavy atom. The molecule has 0 radical (unpaired) electrons. The molecule has 58 heavy (non-hydrogen) atoms. The van der Waals surface area contributed by atoms with Crippen molar-refractivity contribution in [3.05, 3.63) is 0 Å². The zero-order chi connectivity index (χ0) is 43.2. The molecule has 0 aliphatic carbocycles. The van der Waals surface area contributed by atoms with Crippen LogP contribution in [0.4, 0.5) is 0 Å². The van der Waals surface area contributed by atoms with Crippen molar-refractivity contribution in [1.29, 1.82) is 0 Å². The molecule has 12 nitrogen and oxygen atoms in total. The quantitative estimate of drug-likeness (QED) is 0.0339. The highest BCUT2D eigenvalue weighted by molar-refractivity contribution is 5.82. The summed E-state index contributed by atoms with van der Waals surface area (Å²) in [6, 6.07) is 0. The normalized spacial score (nSPS) is 13.2. The summed E-state index contributed by atoms with van der Waals surface area (Å²) in [7, 11) is 0. The second-order valence-electron chi connectivity index (χ2n) is 15.9. The van der Waals surface area contributed by atoms with Crippen molar-refractivity contribution in [3.8, 4) is 0 Å². The van der Waals surface area contributed by atoms with Crippen LogP contribution in [0.15, 0.2) is 0 Å². The van der Waals surface area contributed by atoms with Gasteiger partial charge < -0.3 is 29.2 Å². The summed E-state index contributed by atoms with van der Waals surface area (Å²) in [5.74, 6) is -6.98. The van der Waals surface area contributed by atoms with Crippen LogP contribution in [-0.4, -0.2) is 70.4 Å². The van der Waals surface area contributed by atoms with E-state index in [1.807, 2.05) is 0 Å². The highest BCUT2D eigenvalue weighted by Gasteiger charge is 2.50. The molecule has 0 aliphatic heterocycles. The maximum atomic E-state index is 13.4. The fourth-order valence-electron chi connectivity index (χ4n) is 6.85. The molecule has 0 fully saturated rings. The van der Waals surface area contributed by atoms with E-state index in [1.165, 1.54) is 0 Å². The Bertz CT molecular complexity index is 1010. The van der Waals surface area contributed by atoms with Crippen molar-refractivity contribution < 1.29 is 57.9 Å². The van der Waals surface area contributed by atoms with Crippen LogP contribution < -0.4 is 0 Å². The van der Waals surface area contributed by atoms with Gasteiger partial charge in [0.2, 0.25) is 12.2 Å². The van der Waals surface area contributed by atoms with Gasteiger partial charge in [-0.3, -0.25) is 19.2 Å².